The predicted molar refractivity (Wildman–Crippen MR) is 68.7 cm³/mol. The van der Waals surface area contributed by atoms with Crippen LogP contribution >= 0.6 is 27.5 Å². The zero-order valence-corrected chi connectivity index (χ0v) is 11.8. The number of ether oxygens (including phenoxy) is 1. The highest BCUT2D eigenvalue weighted by Gasteiger charge is 2.24. The molecule has 0 aromatic heterocycles. The average Bonchev–Trinajstić information content (AvgIpc) is 2.15. The van der Waals surface area contributed by atoms with E-state index in [0.717, 1.165) is 15.8 Å². The Morgan fingerprint density at radius 2 is 1.93 bits per heavy atom. The van der Waals surface area contributed by atoms with E-state index < -0.39 is 0 Å². The third kappa shape index (κ3) is 3.12. The normalized spacial score (nSPS) is 13.7. The van der Waals surface area contributed by atoms with Gasteiger partial charge in [-0.2, -0.15) is 0 Å². The topological polar surface area (TPSA) is 9.23 Å². The first-order valence-electron chi connectivity index (χ1n) is 4.83. The van der Waals surface area contributed by atoms with Crippen LogP contribution in [0.1, 0.15) is 31.7 Å². The lowest BCUT2D eigenvalue weighted by molar-refractivity contribution is 0.393. The molecule has 0 aliphatic carbocycles. The number of methoxy groups -OCH3 is 1. The quantitative estimate of drug-likeness (QED) is 0.712. The molecular formula is C12H16BrClO. The van der Waals surface area contributed by atoms with Crippen LogP contribution in [0.4, 0.5) is 0 Å². The Morgan fingerprint density at radius 3 is 2.33 bits per heavy atom. The third-order valence-corrected chi connectivity index (χ3v) is 3.76. The molecule has 0 N–H and O–H groups in total. The van der Waals surface area contributed by atoms with Crippen LogP contribution < -0.4 is 4.74 Å². The summed E-state index contributed by atoms with van der Waals surface area (Å²) in [5.41, 5.74) is 1.16. The van der Waals surface area contributed by atoms with Gasteiger partial charge in [0.15, 0.2) is 0 Å². The fraction of sp³-hybridized carbons (Fsp3) is 0.500. The summed E-state index contributed by atoms with van der Waals surface area (Å²) < 4.78 is 6.12. The van der Waals surface area contributed by atoms with Crippen molar-refractivity contribution in [3.8, 4) is 5.75 Å². The largest absolute Gasteiger partial charge is 0.496 e. The highest BCUT2D eigenvalue weighted by Crippen LogP contribution is 2.40. The lowest BCUT2D eigenvalue weighted by Gasteiger charge is -2.25. The highest BCUT2D eigenvalue weighted by molar-refractivity contribution is 9.10. The fourth-order valence-electron chi connectivity index (χ4n) is 1.34. The molecule has 84 valence electrons. The Labute approximate surface area is 105 Å². The first-order valence-corrected chi connectivity index (χ1v) is 6.06. The van der Waals surface area contributed by atoms with Gasteiger partial charge in [-0.25, -0.2) is 0 Å². The molecule has 0 radical (unpaired) electrons. The molecule has 1 aromatic carbocycles. The first-order chi connectivity index (χ1) is 6.86. The first kappa shape index (κ1) is 12.9. The molecule has 1 atom stereocenters. The molecule has 0 aliphatic rings. The lowest BCUT2D eigenvalue weighted by Crippen LogP contribution is -2.13. The minimum atomic E-state index is -0.000272. The number of hydrogen-bond donors (Lipinski definition) is 0. The zero-order valence-electron chi connectivity index (χ0n) is 9.47. The number of halogens is 2. The minimum absolute atomic E-state index is 0.000272. The van der Waals surface area contributed by atoms with Crippen LogP contribution in [0, 0.1) is 5.41 Å². The molecule has 0 saturated heterocycles. The summed E-state index contributed by atoms with van der Waals surface area (Å²) in [7, 11) is 1.65. The van der Waals surface area contributed by atoms with Crippen LogP contribution in [0.2, 0.25) is 0 Å². The van der Waals surface area contributed by atoms with E-state index >= 15 is 0 Å². The van der Waals surface area contributed by atoms with Crippen molar-refractivity contribution >= 4 is 27.5 Å². The van der Waals surface area contributed by atoms with Crippen molar-refractivity contribution in [1.29, 1.82) is 0 Å². The van der Waals surface area contributed by atoms with Gasteiger partial charge in [0.05, 0.1) is 17.0 Å². The zero-order chi connectivity index (χ0) is 11.6. The Kier molecular flexibility index (Phi) is 4.07. The molecule has 0 heterocycles. The van der Waals surface area contributed by atoms with E-state index in [2.05, 4.69) is 36.7 Å². The van der Waals surface area contributed by atoms with Gasteiger partial charge in [0.25, 0.3) is 0 Å². The van der Waals surface area contributed by atoms with Crippen LogP contribution in [0.15, 0.2) is 22.7 Å². The molecule has 1 unspecified atom stereocenters. The maximum atomic E-state index is 6.39. The second kappa shape index (κ2) is 4.75. The second-order valence-electron chi connectivity index (χ2n) is 4.62. The van der Waals surface area contributed by atoms with E-state index in [1.165, 1.54) is 0 Å². The molecule has 0 spiro atoms. The average molecular weight is 292 g/mol. The molecule has 15 heavy (non-hydrogen) atoms. The van der Waals surface area contributed by atoms with Gasteiger partial charge in [-0.1, -0.05) is 26.8 Å². The van der Waals surface area contributed by atoms with E-state index in [4.69, 9.17) is 16.3 Å². The van der Waals surface area contributed by atoms with E-state index in [0.29, 0.717) is 0 Å². The van der Waals surface area contributed by atoms with Crippen LogP contribution in [0.3, 0.4) is 0 Å². The Balaban J connectivity index is 3.02. The van der Waals surface area contributed by atoms with Crippen molar-refractivity contribution in [2.45, 2.75) is 26.1 Å². The van der Waals surface area contributed by atoms with E-state index in [9.17, 15) is 0 Å². The lowest BCUT2D eigenvalue weighted by atomic mass is 9.87. The van der Waals surface area contributed by atoms with Gasteiger partial charge in [0.1, 0.15) is 5.75 Å². The van der Waals surface area contributed by atoms with Crippen molar-refractivity contribution in [3.05, 3.63) is 28.2 Å². The van der Waals surface area contributed by atoms with Gasteiger partial charge in [-0.05, 0) is 39.0 Å². The molecule has 0 fully saturated rings. The molecule has 0 bridgehead atoms. The molecule has 0 aliphatic heterocycles. The molecule has 0 saturated carbocycles. The Bertz CT molecular complexity index is 344. The number of hydrogen-bond acceptors (Lipinski definition) is 1. The van der Waals surface area contributed by atoms with Crippen LogP contribution in [-0.2, 0) is 0 Å². The summed E-state index contributed by atoms with van der Waals surface area (Å²) in [5, 5.41) is -0.000272. The summed E-state index contributed by atoms with van der Waals surface area (Å²) in [6.07, 6.45) is 0. The van der Waals surface area contributed by atoms with Gasteiger partial charge in [0.2, 0.25) is 0 Å². The van der Waals surface area contributed by atoms with Crippen molar-refractivity contribution in [2.75, 3.05) is 7.11 Å². The summed E-state index contributed by atoms with van der Waals surface area (Å²) in [5.74, 6) is 0.830. The standard InChI is InChI=1S/C12H16BrClO/c1-12(2,3)11(14)8-5-6-10(15-4)9(13)7-8/h5-7,11H,1-4H3. The van der Waals surface area contributed by atoms with Gasteiger partial charge in [0, 0.05) is 0 Å². The summed E-state index contributed by atoms with van der Waals surface area (Å²) in [6, 6.07) is 5.95. The van der Waals surface area contributed by atoms with Crippen molar-refractivity contribution in [2.24, 2.45) is 5.41 Å². The predicted octanol–water partition coefficient (Wildman–Crippen LogP) is 4.78. The van der Waals surface area contributed by atoms with Crippen molar-refractivity contribution in [3.63, 3.8) is 0 Å². The van der Waals surface area contributed by atoms with Gasteiger partial charge in [-0.3, -0.25) is 0 Å². The van der Waals surface area contributed by atoms with Crippen molar-refractivity contribution in [1.82, 2.24) is 0 Å². The molecule has 3 heteroatoms. The van der Waals surface area contributed by atoms with E-state index in [1.54, 1.807) is 7.11 Å². The number of benzene rings is 1. The third-order valence-electron chi connectivity index (χ3n) is 2.23. The smallest absolute Gasteiger partial charge is 0.133 e. The molecule has 1 aromatic rings. The van der Waals surface area contributed by atoms with Crippen LogP contribution in [0.5, 0.6) is 5.75 Å². The van der Waals surface area contributed by atoms with E-state index in [1.807, 2.05) is 18.2 Å². The summed E-state index contributed by atoms with van der Waals surface area (Å²) in [4.78, 5) is 0. The van der Waals surface area contributed by atoms with Gasteiger partial charge in [-0.15, -0.1) is 11.6 Å². The second-order valence-corrected chi connectivity index (χ2v) is 5.91. The van der Waals surface area contributed by atoms with Crippen LogP contribution in [0.25, 0.3) is 0 Å². The maximum Gasteiger partial charge on any atom is 0.133 e. The maximum absolute atomic E-state index is 6.39. The van der Waals surface area contributed by atoms with Crippen LogP contribution in [-0.4, -0.2) is 7.11 Å². The van der Waals surface area contributed by atoms with E-state index in [-0.39, 0.29) is 10.8 Å². The number of alkyl halides is 1. The summed E-state index contributed by atoms with van der Waals surface area (Å²) in [6.45, 7) is 6.38. The highest BCUT2D eigenvalue weighted by atomic mass is 79.9. The Hall–Kier alpha value is -0.210. The summed E-state index contributed by atoms with van der Waals surface area (Å²) >= 11 is 9.85. The minimum Gasteiger partial charge on any atom is -0.496 e. The van der Waals surface area contributed by atoms with Crippen molar-refractivity contribution < 1.29 is 4.74 Å². The van der Waals surface area contributed by atoms with Gasteiger partial charge >= 0.3 is 0 Å². The SMILES string of the molecule is COc1ccc(C(Cl)C(C)(C)C)cc1Br. The molecular weight excluding hydrogens is 275 g/mol. The molecule has 0 amide bonds. The monoisotopic (exact) mass is 290 g/mol. The van der Waals surface area contributed by atoms with Gasteiger partial charge < -0.3 is 4.74 Å². The molecule has 1 rings (SSSR count). The molecule has 1 nitrogen and oxygen atoms in total. The number of rotatable bonds is 2. The Morgan fingerprint density at radius 1 is 1.33 bits per heavy atom. The fourth-order valence-corrected chi connectivity index (χ4v) is 2.03.